The third kappa shape index (κ3) is 4.17. The second-order valence-electron chi connectivity index (χ2n) is 6.09. The van der Waals surface area contributed by atoms with Gasteiger partial charge in [-0.15, -0.1) is 0 Å². The van der Waals surface area contributed by atoms with Crippen molar-refractivity contribution in [3.05, 3.63) is 53.1 Å². The Labute approximate surface area is 153 Å². The second kappa shape index (κ2) is 7.66. The van der Waals surface area contributed by atoms with E-state index < -0.39 is 0 Å². The average molecular weight is 360 g/mol. The number of rotatable bonds is 3. The molecule has 0 unspecified atom stereocenters. The molecule has 6 heteroatoms. The first kappa shape index (κ1) is 17.4. The van der Waals surface area contributed by atoms with Crippen LogP contribution in [0, 0.1) is 6.92 Å². The van der Waals surface area contributed by atoms with E-state index in [1.165, 1.54) is 11.3 Å². The van der Waals surface area contributed by atoms with E-state index in [-0.39, 0.29) is 6.03 Å². The predicted molar refractivity (Wildman–Crippen MR) is 102 cm³/mol. The molecule has 1 aliphatic rings. The minimum Gasteiger partial charge on any atom is -0.495 e. The molecule has 1 saturated heterocycles. The van der Waals surface area contributed by atoms with Gasteiger partial charge in [-0.1, -0.05) is 23.7 Å². The maximum Gasteiger partial charge on any atom is 0.322 e. The first-order valence-electron chi connectivity index (χ1n) is 8.28. The highest BCUT2D eigenvalue weighted by Gasteiger charge is 2.22. The lowest BCUT2D eigenvalue weighted by Gasteiger charge is -2.36. The number of urea groups is 1. The monoisotopic (exact) mass is 359 g/mol. The van der Waals surface area contributed by atoms with Crippen molar-refractivity contribution in [2.45, 2.75) is 6.92 Å². The summed E-state index contributed by atoms with van der Waals surface area (Å²) in [6.45, 7) is 5.05. The van der Waals surface area contributed by atoms with Gasteiger partial charge >= 0.3 is 6.03 Å². The van der Waals surface area contributed by atoms with Gasteiger partial charge in [0, 0.05) is 36.9 Å². The number of carbonyl (C=O) groups excluding carboxylic acids is 1. The number of halogens is 1. The normalized spacial score (nSPS) is 14.4. The number of aryl methyl sites for hydroxylation is 1. The van der Waals surface area contributed by atoms with Gasteiger partial charge in [-0.3, -0.25) is 0 Å². The van der Waals surface area contributed by atoms with Crippen molar-refractivity contribution in [2.75, 3.05) is 43.5 Å². The fourth-order valence-corrected chi connectivity index (χ4v) is 3.14. The van der Waals surface area contributed by atoms with Crippen LogP contribution < -0.4 is 15.0 Å². The van der Waals surface area contributed by atoms with Crippen molar-refractivity contribution < 1.29 is 9.53 Å². The number of amides is 2. The molecule has 0 radical (unpaired) electrons. The van der Waals surface area contributed by atoms with Crippen molar-refractivity contribution in [3.63, 3.8) is 0 Å². The molecule has 2 aromatic rings. The van der Waals surface area contributed by atoms with Gasteiger partial charge in [0.25, 0.3) is 0 Å². The lowest BCUT2D eigenvalue weighted by molar-refractivity contribution is 0.208. The lowest BCUT2D eigenvalue weighted by Crippen LogP contribution is -2.50. The van der Waals surface area contributed by atoms with E-state index in [0.29, 0.717) is 29.5 Å². The Morgan fingerprint density at radius 3 is 2.56 bits per heavy atom. The molecule has 1 fully saturated rings. The largest absolute Gasteiger partial charge is 0.495 e. The van der Waals surface area contributed by atoms with Crippen molar-refractivity contribution >= 4 is 29.0 Å². The molecule has 3 rings (SSSR count). The van der Waals surface area contributed by atoms with Crippen LogP contribution in [0.25, 0.3) is 0 Å². The van der Waals surface area contributed by atoms with Gasteiger partial charge in [0.15, 0.2) is 0 Å². The van der Waals surface area contributed by atoms with Gasteiger partial charge < -0.3 is 19.9 Å². The van der Waals surface area contributed by atoms with Gasteiger partial charge in [0.1, 0.15) is 5.75 Å². The molecule has 2 aromatic carbocycles. The number of carbonyl (C=O) groups is 1. The van der Waals surface area contributed by atoms with Crippen LogP contribution in [-0.4, -0.2) is 44.2 Å². The topological polar surface area (TPSA) is 44.8 Å². The Balaban J connectivity index is 1.61. The molecule has 0 bridgehead atoms. The molecule has 5 nitrogen and oxygen atoms in total. The minimum atomic E-state index is -0.135. The van der Waals surface area contributed by atoms with Crippen LogP contribution in [0.3, 0.4) is 0 Å². The van der Waals surface area contributed by atoms with Crippen molar-refractivity contribution in [3.8, 4) is 5.75 Å². The second-order valence-corrected chi connectivity index (χ2v) is 6.52. The van der Waals surface area contributed by atoms with E-state index in [0.717, 1.165) is 13.1 Å². The van der Waals surface area contributed by atoms with Gasteiger partial charge in [-0.05, 0) is 42.8 Å². The molecule has 0 atom stereocenters. The van der Waals surface area contributed by atoms with E-state index in [1.54, 1.807) is 25.3 Å². The van der Waals surface area contributed by atoms with Crippen molar-refractivity contribution in [1.82, 2.24) is 4.90 Å². The Morgan fingerprint density at radius 2 is 1.88 bits per heavy atom. The zero-order valence-corrected chi connectivity index (χ0v) is 15.2. The molecule has 132 valence electrons. The lowest BCUT2D eigenvalue weighted by atomic mass is 10.2. The van der Waals surface area contributed by atoms with Gasteiger partial charge in [-0.25, -0.2) is 4.79 Å². The summed E-state index contributed by atoms with van der Waals surface area (Å²) in [4.78, 5) is 16.7. The maximum atomic E-state index is 12.5. The highest BCUT2D eigenvalue weighted by Crippen LogP contribution is 2.28. The van der Waals surface area contributed by atoms with E-state index in [4.69, 9.17) is 16.3 Å². The van der Waals surface area contributed by atoms with E-state index in [1.807, 2.05) is 4.90 Å². The molecule has 25 heavy (non-hydrogen) atoms. The summed E-state index contributed by atoms with van der Waals surface area (Å²) < 4.78 is 5.27. The zero-order valence-electron chi connectivity index (χ0n) is 14.5. The van der Waals surface area contributed by atoms with Crippen LogP contribution in [0.15, 0.2) is 42.5 Å². The molecule has 2 amide bonds. The summed E-state index contributed by atoms with van der Waals surface area (Å²) in [5, 5.41) is 3.45. The first-order valence-corrected chi connectivity index (χ1v) is 8.65. The van der Waals surface area contributed by atoms with Crippen LogP contribution in [-0.2, 0) is 0 Å². The van der Waals surface area contributed by atoms with Gasteiger partial charge in [0.2, 0.25) is 0 Å². The summed E-state index contributed by atoms with van der Waals surface area (Å²) in [5.74, 6) is 0.594. The Morgan fingerprint density at radius 1 is 1.12 bits per heavy atom. The number of piperazine rings is 1. The highest BCUT2D eigenvalue weighted by atomic mass is 35.5. The van der Waals surface area contributed by atoms with Crippen LogP contribution in [0.5, 0.6) is 5.75 Å². The Hall–Kier alpha value is -2.40. The molecule has 0 spiro atoms. The molecule has 0 aromatic heterocycles. The summed E-state index contributed by atoms with van der Waals surface area (Å²) in [5.41, 5.74) is 3.03. The van der Waals surface area contributed by atoms with E-state index >= 15 is 0 Å². The Kier molecular flexibility index (Phi) is 5.34. The van der Waals surface area contributed by atoms with Crippen LogP contribution in [0.2, 0.25) is 5.02 Å². The molecular formula is C19H22ClN3O2. The quantitative estimate of drug-likeness (QED) is 0.900. The molecular weight excluding hydrogens is 338 g/mol. The van der Waals surface area contributed by atoms with Gasteiger partial charge in [-0.2, -0.15) is 0 Å². The summed E-state index contributed by atoms with van der Waals surface area (Å²) in [7, 11) is 1.57. The number of hydrogen-bond donors (Lipinski definition) is 1. The number of nitrogens with zero attached hydrogens (tertiary/aromatic N) is 2. The highest BCUT2D eigenvalue weighted by molar-refractivity contribution is 6.31. The van der Waals surface area contributed by atoms with E-state index in [9.17, 15) is 4.79 Å². The smallest absolute Gasteiger partial charge is 0.322 e. The molecule has 1 heterocycles. The third-order valence-electron chi connectivity index (χ3n) is 4.34. The third-order valence-corrected chi connectivity index (χ3v) is 4.57. The summed E-state index contributed by atoms with van der Waals surface area (Å²) in [6, 6.07) is 13.5. The zero-order chi connectivity index (χ0) is 17.8. The fraction of sp³-hybridized carbons (Fsp3) is 0.316. The number of hydrogen-bond acceptors (Lipinski definition) is 3. The first-order chi connectivity index (χ1) is 12.1. The van der Waals surface area contributed by atoms with Gasteiger partial charge in [0.05, 0.1) is 12.8 Å². The van der Waals surface area contributed by atoms with Crippen LogP contribution >= 0.6 is 11.6 Å². The van der Waals surface area contributed by atoms with Crippen molar-refractivity contribution in [1.29, 1.82) is 0 Å². The number of ether oxygens (including phenoxy) is 1. The number of nitrogens with one attached hydrogen (secondary N) is 1. The maximum absolute atomic E-state index is 12.5. The van der Waals surface area contributed by atoms with Crippen LogP contribution in [0.4, 0.5) is 16.2 Å². The number of methoxy groups -OCH3 is 1. The predicted octanol–water partition coefficient (Wildman–Crippen LogP) is 4.01. The molecule has 0 aliphatic carbocycles. The average Bonchev–Trinajstić information content (AvgIpc) is 2.62. The SMILES string of the molecule is COc1ccc(Cl)cc1NC(=O)N1CCN(c2cccc(C)c2)CC1. The summed E-state index contributed by atoms with van der Waals surface area (Å²) >= 11 is 6.02. The number of benzene rings is 2. The molecule has 1 N–H and O–H groups in total. The molecule has 0 saturated carbocycles. The minimum absolute atomic E-state index is 0.135. The van der Waals surface area contributed by atoms with Crippen LogP contribution in [0.1, 0.15) is 5.56 Å². The Bertz CT molecular complexity index is 758. The van der Waals surface area contributed by atoms with Crippen molar-refractivity contribution in [2.24, 2.45) is 0 Å². The summed E-state index contributed by atoms with van der Waals surface area (Å²) in [6.07, 6.45) is 0. The van der Waals surface area contributed by atoms with E-state index in [2.05, 4.69) is 41.4 Å². The standard InChI is InChI=1S/C19H22ClN3O2/c1-14-4-3-5-16(12-14)22-8-10-23(11-9-22)19(24)21-17-13-15(20)6-7-18(17)25-2/h3-7,12-13H,8-11H2,1-2H3,(H,21,24). The fourth-order valence-electron chi connectivity index (χ4n) is 2.96. The molecule has 1 aliphatic heterocycles. The number of anilines is 2.